The van der Waals surface area contributed by atoms with Crippen molar-refractivity contribution in [2.45, 2.75) is 50.7 Å². The van der Waals surface area contributed by atoms with E-state index in [9.17, 15) is 26.8 Å². The summed E-state index contributed by atoms with van der Waals surface area (Å²) in [5.41, 5.74) is 1.36. The Kier molecular flexibility index (Phi) is 10.1. The van der Waals surface area contributed by atoms with Crippen molar-refractivity contribution in [2.75, 3.05) is 17.1 Å². The van der Waals surface area contributed by atoms with E-state index in [2.05, 4.69) is 21.2 Å². The Hall–Kier alpha value is -3.31. The molecule has 1 atom stereocenters. The first-order valence-corrected chi connectivity index (χ1v) is 16.0. The fourth-order valence-electron chi connectivity index (χ4n) is 4.96. The summed E-state index contributed by atoms with van der Waals surface area (Å²) in [5, 5.41) is 3.09. The molecular formula is C30H32BrF2N3O4S. The number of sulfonamides is 1. The first kappa shape index (κ1) is 30.6. The Balaban J connectivity index is 1.72. The largest absolute Gasteiger partial charge is 0.352 e. The minimum Gasteiger partial charge on any atom is -0.352 e. The average Bonchev–Trinajstić information content (AvgIpc) is 3.45. The Morgan fingerprint density at radius 1 is 0.951 bits per heavy atom. The highest BCUT2D eigenvalue weighted by Gasteiger charge is 2.34. The van der Waals surface area contributed by atoms with Crippen LogP contribution in [0.2, 0.25) is 0 Å². The van der Waals surface area contributed by atoms with Crippen LogP contribution in [0.15, 0.2) is 77.3 Å². The van der Waals surface area contributed by atoms with Gasteiger partial charge in [0.05, 0.1) is 11.9 Å². The van der Waals surface area contributed by atoms with E-state index in [0.717, 1.165) is 70.0 Å². The van der Waals surface area contributed by atoms with Gasteiger partial charge in [0, 0.05) is 29.5 Å². The fourth-order valence-corrected chi connectivity index (χ4v) is 6.07. The van der Waals surface area contributed by atoms with Gasteiger partial charge in [-0.3, -0.25) is 13.9 Å². The Bertz CT molecular complexity index is 1470. The van der Waals surface area contributed by atoms with Crippen molar-refractivity contribution < 1.29 is 26.8 Å². The summed E-state index contributed by atoms with van der Waals surface area (Å²) >= 11 is 3.40. The van der Waals surface area contributed by atoms with E-state index >= 15 is 0 Å². The molecule has 3 aromatic rings. The van der Waals surface area contributed by atoms with Crippen molar-refractivity contribution in [3.8, 4) is 0 Å². The number of benzene rings is 3. The normalized spacial score (nSPS) is 14.4. The number of anilines is 1. The van der Waals surface area contributed by atoms with Crippen molar-refractivity contribution in [1.29, 1.82) is 0 Å². The van der Waals surface area contributed by atoms with Crippen LogP contribution < -0.4 is 9.62 Å². The molecule has 11 heteroatoms. The van der Waals surface area contributed by atoms with Gasteiger partial charge in [-0.05, 0) is 48.2 Å². The first-order valence-electron chi connectivity index (χ1n) is 13.3. The maximum Gasteiger partial charge on any atom is 0.244 e. The zero-order chi connectivity index (χ0) is 29.6. The molecule has 2 amide bonds. The van der Waals surface area contributed by atoms with Crippen molar-refractivity contribution in [3.63, 3.8) is 0 Å². The summed E-state index contributed by atoms with van der Waals surface area (Å²) in [7, 11) is -4.09. The summed E-state index contributed by atoms with van der Waals surface area (Å²) in [5.74, 6) is -3.37. The van der Waals surface area contributed by atoms with Crippen LogP contribution in [0.4, 0.5) is 14.5 Å². The van der Waals surface area contributed by atoms with Crippen LogP contribution in [-0.2, 0) is 32.6 Å². The second kappa shape index (κ2) is 13.6. The minimum absolute atomic E-state index is 0.000106. The molecule has 1 saturated carbocycles. The molecule has 218 valence electrons. The predicted octanol–water partition coefficient (Wildman–Crippen LogP) is 5.19. The molecule has 0 heterocycles. The smallest absolute Gasteiger partial charge is 0.244 e. The number of rotatable bonds is 11. The van der Waals surface area contributed by atoms with Gasteiger partial charge in [-0.1, -0.05) is 71.2 Å². The molecule has 4 rings (SSSR count). The number of carbonyl (C=O) groups excluding carboxylic acids is 2. The maximum absolute atomic E-state index is 14.1. The summed E-state index contributed by atoms with van der Waals surface area (Å²) < 4.78 is 54.8. The molecule has 1 fully saturated rings. The SMILES string of the molecule is CS(=O)(=O)N(CC(=O)N(Cc1ccc(Br)cc1)[C@@H](Cc1ccccc1)C(=O)NC1CCCC1)c1ccc(F)c(F)c1. The van der Waals surface area contributed by atoms with Gasteiger partial charge < -0.3 is 10.2 Å². The Morgan fingerprint density at radius 2 is 1.61 bits per heavy atom. The van der Waals surface area contributed by atoms with E-state index in [1.54, 1.807) is 0 Å². The molecule has 0 bridgehead atoms. The fraction of sp³-hybridized carbons (Fsp3) is 0.333. The monoisotopic (exact) mass is 647 g/mol. The van der Waals surface area contributed by atoms with Crippen LogP contribution in [0.5, 0.6) is 0 Å². The molecule has 7 nitrogen and oxygen atoms in total. The quantitative estimate of drug-likeness (QED) is 0.310. The number of nitrogens with zero attached hydrogens (tertiary/aromatic N) is 2. The maximum atomic E-state index is 14.1. The summed E-state index contributed by atoms with van der Waals surface area (Å²) in [6.07, 6.45) is 4.80. The number of hydrogen-bond acceptors (Lipinski definition) is 4. The molecule has 0 aromatic heterocycles. The lowest BCUT2D eigenvalue weighted by atomic mass is 10.0. The predicted molar refractivity (Wildman–Crippen MR) is 158 cm³/mol. The molecule has 41 heavy (non-hydrogen) atoms. The third-order valence-corrected chi connectivity index (χ3v) is 8.78. The molecular weight excluding hydrogens is 616 g/mol. The van der Waals surface area contributed by atoms with E-state index in [1.165, 1.54) is 4.90 Å². The highest BCUT2D eigenvalue weighted by atomic mass is 79.9. The number of hydrogen-bond donors (Lipinski definition) is 1. The number of carbonyl (C=O) groups is 2. The molecule has 1 N–H and O–H groups in total. The van der Waals surface area contributed by atoms with E-state index in [4.69, 9.17) is 0 Å². The van der Waals surface area contributed by atoms with E-state index in [1.807, 2.05) is 54.6 Å². The lowest BCUT2D eigenvalue weighted by molar-refractivity contribution is -0.140. The average molecular weight is 649 g/mol. The van der Waals surface area contributed by atoms with Gasteiger partial charge in [-0.15, -0.1) is 0 Å². The molecule has 0 saturated heterocycles. The lowest BCUT2D eigenvalue weighted by Gasteiger charge is -2.34. The van der Waals surface area contributed by atoms with Gasteiger partial charge in [0.1, 0.15) is 12.6 Å². The van der Waals surface area contributed by atoms with E-state index in [-0.39, 0.29) is 30.6 Å². The van der Waals surface area contributed by atoms with Crippen molar-refractivity contribution in [2.24, 2.45) is 0 Å². The van der Waals surface area contributed by atoms with Crippen molar-refractivity contribution in [3.05, 3.63) is 100 Å². The van der Waals surface area contributed by atoms with Crippen molar-refractivity contribution in [1.82, 2.24) is 10.2 Å². The van der Waals surface area contributed by atoms with Crippen LogP contribution in [0, 0.1) is 11.6 Å². The molecule has 0 unspecified atom stereocenters. The third kappa shape index (κ3) is 8.36. The van der Waals surface area contributed by atoms with Crippen molar-refractivity contribution >= 4 is 43.5 Å². The molecule has 0 radical (unpaired) electrons. The third-order valence-electron chi connectivity index (χ3n) is 7.11. The standard InChI is InChI=1S/C30H32BrF2N3O4S/c1-41(39,40)36(25-15-16-26(32)27(33)18-25)20-29(37)35(19-22-11-13-23(31)14-12-22)28(17-21-7-3-2-4-8-21)30(38)34-24-9-5-6-10-24/h2-4,7-8,11-16,18,24,28H,5-6,9-10,17,19-20H2,1H3,(H,34,38)/t28-/m0/s1. The molecule has 0 spiro atoms. The zero-order valence-corrected chi connectivity index (χ0v) is 25.0. The number of amides is 2. The van der Waals surface area contributed by atoms with Gasteiger partial charge in [-0.2, -0.15) is 0 Å². The van der Waals surface area contributed by atoms with E-state index in [0.29, 0.717) is 0 Å². The highest BCUT2D eigenvalue weighted by Crippen LogP contribution is 2.24. The number of halogens is 3. The minimum atomic E-state index is -4.09. The Labute approximate surface area is 247 Å². The Morgan fingerprint density at radius 3 is 2.22 bits per heavy atom. The second-order valence-corrected chi connectivity index (χ2v) is 13.0. The topological polar surface area (TPSA) is 86.8 Å². The van der Waals surface area contributed by atoms with Crippen LogP contribution in [0.1, 0.15) is 36.8 Å². The van der Waals surface area contributed by atoms with Gasteiger partial charge in [0.25, 0.3) is 0 Å². The van der Waals surface area contributed by atoms with Crippen LogP contribution in [0.25, 0.3) is 0 Å². The first-order chi connectivity index (χ1) is 19.5. The highest BCUT2D eigenvalue weighted by molar-refractivity contribution is 9.10. The second-order valence-electron chi connectivity index (χ2n) is 10.2. The lowest BCUT2D eigenvalue weighted by Crippen LogP contribution is -2.54. The van der Waals surface area contributed by atoms with Crippen LogP contribution in [0.3, 0.4) is 0 Å². The van der Waals surface area contributed by atoms with Gasteiger partial charge >= 0.3 is 0 Å². The zero-order valence-electron chi connectivity index (χ0n) is 22.6. The number of nitrogens with one attached hydrogen (secondary N) is 1. The van der Waals surface area contributed by atoms with Crippen LogP contribution >= 0.6 is 15.9 Å². The summed E-state index contributed by atoms with van der Waals surface area (Å²) in [6, 6.07) is 18.2. The molecule has 0 aliphatic heterocycles. The van der Waals surface area contributed by atoms with Crippen LogP contribution in [-0.4, -0.2) is 50.0 Å². The van der Waals surface area contributed by atoms with Gasteiger partial charge in [0.15, 0.2) is 11.6 Å². The van der Waals surface area contributed by atoms with Gasteiger partial charge in [0.2, 0.25) is 21.8 Å². The molecule has 1 aliphatic rings. The summed E-state index contributed by atoms with van der Waals surface area (Å²) in [6.45, 7) is -0.681. The van der Waals surface area contributed by atoms with Gasteiger partial charge in [-0.25, -0.2) is 17.2 Å². The van der Waals surface area contributed by atoms with E-state index < -0.39 is 40.2 Å². The summed E-state index contributed by atoms with van der Waals surface area (Å²) in [4.78, 5) is 29.2. The molecule has 3 aromatic carbocycles. The molecule has 1 aliphatic carbocycles.